The summed E-state index contributed by atoms with van der Waals surface area (Å²) in [5.74, 6) is 0.484. The summed E-state index contributed by atoms with van der Waals surface area (Å²) in [6, 6.07) is 9.57. The Morgan fingerprint density at radius 2 is 2.06 bits per heavy atom. The van der Waals surface area contributed by atoms with Crippen LogP contribution in [0, 0.1) is 0 Å². The van der Waals surface area contributed by atoms with Crippen molar-refractivity contribution in [3.63, 3.8) is 0 Å². The monoisotopic (exact) mass is 238 g/mol. The lowest BCUT2D eigenvalue weighted by Gasteiger charge is -2.05. The van der Waals surface area contributed by atoms with E-state index in [1.165, 1.54) is 0 Å². The Kier molecular flexibility index (Phi) is 2.45. The van der Waals surface area contributed by atoms with Gasteiger partial charge in [0, 0.05) is 29.2 Å². The average Bonchev–Trinajstić information content (AvgIpc) is 2.94. The van der Waals surface area contributed by atoms with Gasteiger partial charge < -0.3 is 5.73 Å². The van der Waals surface area contributed by atoms with Gasteiger partial charge in [0.25, 0.3) is 0 Å². The topological polar surface area (TPSA) is 93.4 Å². The predicted molar refractivity (Wildman–Crippen MR) is 67.3 cm³/mol. The van der Waals surface area contributed by atoms with Crippen LogP contribution in [0.3, 0.4) is 0 Å². The number of aromatic nitrogens is 5. The van der Waals surface area contributed by atoms with E-state index in [0.717, 1.165) is 16.7 Å². The van der Waals surface area contributed by atoms with Crippen LogP contribution in [-0.4, -0.2) is 25.6 Å². The molecule has 0 spiro atoms. The fourth-order valence-electron chi connectivity index (χ4n) is 1.74. The molecule has 3 aromatic rings. The van der Waals surface area contributed by atoms with Gasteiger partial charge >= 0.3 is 0 Å². The Bertz CT molecular complexity index is 648. The second-order valence-corrected chi connectivity index (χ2v) is 3.78. The fraction of sp³-hybridized carbons (Fsp3) is 0. The molecule has 0 radical (unpaired) electrons. The summed E-state index contributed by atoms with van der Waals surface area (Å²) in [6.45, 7) is 0. The molecule has 2 heterocycles. The van der Waals surface area contributed by atoms with Crippen LogP contribution < -0.4 is 5.73 Å². The molecule has 88 valence electrons. The molecule has 18 heavy (non-hydrogen) atoms. The van der Waals surface area contributed by atoms with Gasteiger partial charge in [0.2, 0.25) is 5.82 Å². The summed E-state index contributed by atoms with van der Waals surface area (Å²) < 4.78 is 0. The molecule has 0 saturated heterocycles. The molecular formula is C12H10N6. The van der Waals surface area contributed by atoms with Crippen molar-refractivity contribution in [1.29, 1.82) is 0 Å². The molecule has 0 fully saturated rings. The molecule has 6 heteroatoms. The minimum Gasteiger partial charge on any atom is -0.398 e. The van der Waals surface area contributed by atoms with Gasteiger partial charge in [0.05, 0.1) is 0 Å². The summed E-state index contributed by atoms with van der Waals surface area (Å²) in [5.41, 5.74) is 9.32. The number of nitrogen functional groups attached to an aromatic ring is 1. The molecule has 0 atom stereocenters. The normalized spacial score (nSPS) is 10.4. The first-order valence-corrected chi connectivity index (χ1v) is 5.38. The van der Waals surface area contributed by atoms with Crippen molar-refractivity contribution in [3.05, 3.63) is 42.7 Å². The number of tetrazole rings is 1. The number of hydrogen-bond acceptors (Lipinski definition) is 5. The summed E-state index contributed by atoms with van der Waals surface area (Å²) in [7, 11) is 0. The summed E-state index contributed by atoms with van der Waals surface area (Å²) >= 11 is 0. The molecule has 3 N–H and O–H groups in total. The smallest absolute Gasteiger partial charge is 0.206 e. The average molecular weight is 238 g/mol. The van der Waals surface area contributed by atoms with Crippen molar-refractivity contribution < 1.29 is 0 Å². The number of benzene rings is 1. The van der Waals surface area contributed by atoms with Crippen LogP contribution in [-0.2, 0) is 0 Å². The van der Waals surface area contributed by atoms with Gasteiger partial charge in [-0.15, -0.1) is 10.2 Å². The van der Waals surface area contributed by atoms with E-state index in [-0.39, 0.29) is 0 Å². The number of anilines is 1. The van der Waals surface area contributed by atoms with Crippen LogP contribution in [0.15, 0.2) is 42.7 Å². The van der Waals surface area contributed by atoms with Crippen LogP contribution in [0.25, 0.3) is 22.5 Å². The SMILES string of the molecule is Nc1ccc(-c2cccnc2)cc1-c1nn[nH]n1. The largest absolute Gasteiger partial charge is 0.398 e. The van der Waals surface area contributed by atoms with E-state index in [9.17, 15) is 0 Å². The van der Waals surface area contributed by atoms with Crippen molar-refractivity contribution in [3.8, 4) is 22.5 Å². The summed E-state index contributed by atoms with van der Waals surface area (Å²) in [6.07, 6.45) is 3.53. The Labute approximate surface area is 103 Å². The first kappa shape index (κ1) is 10.4. The standard InChI is InChI=1S/C12H10N6/c13-11-4-3-8(9-2-1-5-14-7-9)6-10(11)12-15-17-18-16-12/h1-7H,13H2,(H,15,16,17,18). The van der Waals surface area contributed by atoms with E-state index in [0.29, 0.717) is 11.5 Å². The van der Waals surface area contributed by atoms with E-state index < -0.39 is 0 Å². The van der Waals surface area contributed by atoms with Gasteiger partial charge in [-0.05, 0) is 29.0 Å². The molecule has 6 nitrogen and oxygen atoms in total. The fourth-order valence-corrected chi connectivity index (χ4v) is 1.74. The molecular weight excluding hydrogens is 228 g/mol. The number of H-pyrrole nitrogens is 1. The first-order valence-electron chi connectivity index (χ1n) is 5.38. The Morgan fingerprint density at radius 1 is 1.11 bits per heavy atom. The highest BCUT2D eigenvalue weighted by Gasteiger charge is 2.09. The maximum absolute atomic E-state index is 5.92. The Hall–Kier alpha value is -2.76. The van der Waals surface area contributed by atoms with E-state index in [1.807, 2.05) is 30.3 Å². The van der Waals surface area contributed by atoms with Crippen molar-refractivity contribution in [1.82, 2.24) is 25.6 Å². The second-order valence-electron chi connectivity index (χ2n) is 3.78. The second kappa shape index (κ2) is 4.25. The van der Waals surface area contributed by atoms with E-state index in [4.69, 9.17) is 5.73 Å². The molecule has 0 bridgehead atoms. The zero-order valence-electron chi connectivity index (χ0n) is 9.41. The summed E-state index contributed by atoms with van der Waals surface area (Å²) in [4.78, 5) is 4.09. The molecule has 0 aliphatic heterocycles. The highest BCUT2D eigenvalue weighted by molar-refractivity contribution is 5.78. The van der Waals surface area contributed by atoms with E-state index >= 15 is 0 Å². The third-order valence-electron chi connectivity index (χ3n) is 2.63. The number of nitrogens with one attached hydrogen (secondary N) is 1. The summed E-state index contributed by atoms with van der Waals surface area (Å²) in [5, 5.41) is 13.8. The molecule has 0 amide bonds. The molecule has 0 saturated carbocycles. The Balaban J connectivity index is 2.12. The third kappa shape index (κ3) is 1.80. The number of hydrogen-bond donors (Lipinski definition) is 2. The molecule has 0 aliphatic rings. The van der Waals surface area contributed by atoms with Crippen molar-refractivity contribution in [2.24, 2.45) is 0 Å². The van der Waals surface area contributed by atoms with Crippen LogP contribution in [0.1, 0.15) is 0 Å². The van der Waals surface area contributed by atoms with Gasteiger partial charge in [-0.25, -0.2) is 0 Å². The number of nitrogens with two attached hydrogens (primary N) is 1. The van der Waals surface area contributed by atoms with Crippen molar-refractivity contribution in [2.45, 2.75) is 0 Å². The zero-order valence-corrected chi connectivity index (χ0v) is 9.41. The maximum atomic E-state index is 5.92. The molecule has 2 aromatic heterocycles. The number of rotatable bonds is 2. The maximum Gasteiger partial charge on any atom is 0.206 e. The van der Waals surface area contributed by atoms with Crippen LogP contribution in [0.5, 0.6) is 0 Å². The van der Waals surface area contributed by atoms with Crippen molar-refractivity contribution >= 4 is 5.69 Å². The van der Waals surface area contributed by atoms with E-state index in [1.54, 1.807) is 12.4 Å². The first-order chi connectivity index (χ1) is 8.84. The lowest BCUT2D eigenvalue weighted by Crippen LogP contribution is -1.92. The molecule has 0 aliphatic carbocycles. The highest BCUT2D eigenvalue weighted by Crippen LogP contribution is 2.28. The van der Waals surface area contributed by atoms with Gasteiger partial charge in [0.1, 0.15) is 0 Å². The lowest BCUT2D eigenvalue weighted by molar-refractivity contribution is 0.881. The van der Waals surface area contributed by atoms with Crippen molar-refractivity contribution in [2.75, 3.05) is 5.73 Å². The molecule has 3 rings (SSSR count). The van der Waals surface area contributed by atoms with Crippen LogP contribution >= 0.6 is 0 Å². The number of pyridine rings is 1. The quantitative estimate of drug-likeness (QED) is 0.660. The highest BCUT2D eigenvalue weighted by atomic mass is 15.5. The number of nitrogens with zero attached hydrogens (tertiary/aromatic N) is 4. The van der Waals surface area contributed by atoms with Gasteiger partial charge in [0.15, 0.2) is 0 Å². The third-order valence-corrected chi connectivity index (χ3v) is 2.63. The molecule has 1 aromatic carbocycles. The van der Waals surface area contributed by atoms with Gasteiger partial charge in [-0.3, -0.25) is 4.98 Å². The number of aromatic amines is 1. The predicted octanol–water partition coefficient (Wildman–Crippen LogP) is 1.51. The van der Waals surface area contributed by atoms with Crippen LogP contribution in [0.2, 0.25) is 0 Å². The Morgan fingerprint density at radius 3 is 2.78 bits per heavy atom. The minimum absolute atomic E-state index is 0.484. The zero-order chi connectivity index (χ0) is 12.4. The van der Waals surface area contributed by atoms with Gasteiger partial charge in [-0.1, -0.05) is 12.1 Å². The van der Waals surface area contributed by atoms with Gasteiger partial charge in [-0.2, -0.15) is 5.21 Å². The van der Waals surface area contributed by atoms with E-state index in [2.05, 4.69) is 25.6 Å². The van der Waals surface area contributed by atoms with Crippen LogP contribution in [0.4, 0.5) is 5.69 Å². The molecule has 0 unspecified atom stereocenters. The lowest BCUT2D eigenvalue weighted by atomic mass is 10.0. The minimum atomic E-state index is 0.484.